The number of guanidine groups is 1. The molecule has 1 aliphatic rings. The Kier molecular flexibility index (Phi) is 20.1. The average Bonchev–Trinajstić information content (AvgIpc) is 3.66. The van der Waals surface area contributed by atoms with Crippen LogP contribution in [0.4, 0.5) is 0 Å². The molecule has 1 saturated heterocycles. The molecule has 0 aliphatic carbocycles. The summed E-state index contributed by atoms with van der Waals surface area (Å²) in [6.45, 7) is 8.71. The molecule has 22 heteroatoms. The van der Waals surface area contributed by atoms with Crippen molar-refractivity contribution >= 4 is 65.0 Å². The second-order valence-electron chi connectivity index (χ2n) is 14.8. The van der Waals surface area contributed by atoms with Gasteiger partial charge in [0.2, 0.25) is 29.5 Å². The molecule has 0 aromatic carbocycles. The summed E-state index contributed by atoms with van der Waals surface area (Å²) in [5.41, 5.74) is 17.0. The number of nitrogens with one attached hydrogen (secondary N) is 6. The molecule has 14 N–H and O–H groups in total. The Morgan fingerprint density at radius 2 is 1.67 bits per heavy atom. The lowest BCUT2D eigenvalue weighted by Gasteiger charge is -2.32. The first-order valence-corrected chi connectivity index (χ1v) is 20.3. The van der Waals surface area contributed by atoms with Crippen molar-refractivity contribution in [2.24, 2.45) is 45.9 Å². The van der Waals surface area contributed by atoms with Gasteiger partial charge in [-0.25, -0.2) is 9.78 Å². The highest BCUT2D eigenvalue weighted by atomic mass is 32.2. The van der Waals surface area contributed by atoms with E-state index in [1.54, 1.807) is 34.6 Å². The predicted molar refractivity (Wildman–Crippen MR) is 214 cm³/mol. The van der Waals surface area contributed by atoms with E-state index in [-0.39, 0.29) is 43.3 Å². The number of hydrogen-bond acceptors (Lipinski definition) is 12. The van der Waals surface area contributed by atoms with E-state index in [0.29, 0.717) is 12.1 Å². The molecule has 0 saturated carbocycles. The monoisotopic (exact) mass is 837 g/mol. The third-order valence-corrected chi connectivity index (χ3v) is 11.1. The number of carboxylic acid groups (broad SMARTS) is 2. The molecular formula is C36H59N11O10S. The smallest absolute Gasteiger partial charge is 0.327 e. The van der Waals surface area contributed by atoms with E-state index in [2.05, 4.69) is 41.5 Å². The number of imidazole rings is 1. The molecule has 2 heterocycles. The highest BCUT2D eigenvalue weighted by molar-refractivity contribution is 7.99. The molecule has 1 fully saturated rings. The normalized spacial score (nSPS) is 22.7. The molecule has 9 unspecified atom stereocenters. The van der Waals surface area contributed by atoms with Gasteiger partial charge in [-0.3, -0.25) is 38.6 Å². The van der Waals surface area contributed by atoms with Crippen LogP contribution in [-0.4, -0.2) is 128 Å². The fourth-order valence-corrected chi connectivity index (χ4v) is 7.20. The van der Waals surface area contributed by atoms with E-state index < -0.39 is 120 Å². The molecule has 1 aromatic rings. The highest BCUT2D eigenvalue weighted by Crippen LogP contribution is 2.22. The van der Waals surface area contributed by atoms with Gasteiger partial charge in [0.25, 0.3) is 0 Å². The Morgan fingerprint density at radius 3 is 2.24 bits per heavy atom. The standard InChI is InChI=1S/C36H59N11O10S/c1-6-18(4)28-33(54)44-24(10-20-13-40-16-42-20)32(53)45-25(35(56)57)15-58-14-19(5)29(34(55)47-28)46-30(51)21(17(2)3)11-26(48)23(8-7-9-41-36(38)39)43-31(52)22(37)12-27(49)50/h13,16-19,21-25,28-29H,6-12,14-15,37H2,1-5H3,(H,40,42)(H,43,52)(H,44,54)(H,45,53)(H,46,51)(H,47,55)(H,49,50)(H,56,57)(H4,38,39,41). The maximum Gasteiger partial charge on any atom is 0.327 e. The van der Waals surface area contributed by atoms with Crippen LogP contribution in [0.5, 0.6) is 0 Å². The van der Waals surface area contributed by atoms with Crippen molar-refractivity contribution in [2.45, 2.75) is 109 Å². The molecule has 21 nitrogen and oxygen atoms in total. The van der Waals surface area contributed by atoms with Gasteiger partial charge in [0.05, 0.1) is 24.8 Å². The Labute approximate surface area is 341 Å². The maximum atomic E-state index is 14.2. The fraction of sp³-hybridized carbons (Fsp3) is 0.667. The number of thioether (sulfide) groups is 1. The molecule has 324 valence electrons. The maximum absolute atomic E-state index is 14.2. The largest absolute Gasteiger partial charge is 0.481 e. The molecule has 0 spiro atoms. The summed E-state index contributed by atoms with van der Waals surface area (Å²) in [7, 11) is 0. The van der Waals surface area contributed by atoms with Crippen LogP contribution in [0.2, 0.25) is 0 Å². The zero-order chi connectivity index (χ0) is 43.7. The van der Waals surface area contributed by atoms with Crippen LogP contribution in [0.3, 0.4) is 0 Å². The molecule has 2 rings (SSSR count). The summed E-state index contributed by atoms with van der Waals surface area (Å²) >= 11 is 1.13. The molecule has 1 aliphatic heterocycles. The van der Waals surface area contributed by atoms with Gasteiger partial charge in [0.1, 0.15) is 24.2 Å². The van der Waals surface area contributed by atoms with Crippen LogP contribution >= 0.6 is 11.8 Å². The SMILES string of the molecule is CCC(C)C1NC(=O)C(NC(=O)C(CC(=O)C(CCCN=C(N)N)NC(=O)C(N)CC(=O)O)C(C)C)C(C)CSCC(C(=O)O)NC(=O)C(Cc2cnc[nH]2)NC1=O. The van der Waals surface area contributed by atoms with Crippen LogP contribution in [0, 0.1) is 23.7 Å². The Bertz CT molecular complexity index is 1620. The molecule has 1 aromatic heterocycles. The van der Waals surface area contributed by atoms with Gasteiger partial charge < -0.3 is 59.0 Å². The fourth-order valence-electron chi connectivity index (χ4n) is 6.04. The minimum atomic E-state index is -1.45. The van der Waals surface area contributed by atoms with Crippen molar-refractivity contribution in [2.75, 3.05) is 18.1 Å². The van der Waals surface area contributed by atoms with Gasteiger partial charge in [-0.05, 0) is 36.3 Å². The van der Waals surface area contributed by atoms with Crippen molar-refractivity contribution in [3.63, 3.8) is 0 Å². The third-order valence-electron chi connectivity index (χ3n) is 9.78. The summed E-state index contributed by atoms with van der Waals surface area (Å²) in [5, 5.41) is 32.3. The minimum absolute atomic E-state index is 0.0342. The number of aliphatic carboxylic acids is 2. The van der Waals surface area contributed by atoms with Crippen molar-refractivity contribution < 1.29 is 48.6 Å². The number of amides is 5. The molecule has 0 radical (unpaired) electrons. The number of H-pyrrole nitrogens is 1. The number of carboxylic acids is 2. The molecular weight excluding hydrogens is 779 g/mol. The second-order valence-corrected chi connectivity index (χ2v) is 15.9. The van der Waals surface area contributed by atoms with Crippen LogP contribution in [0.15, 0.2) is 17.5 Å². The van der Waals surface area contributed by atoms with Crippen molar-refractivity contribution in [1.29, 1.82) is 0 Å². The summed E-state index contributed by atoms with van der Waals surface area (Å²) < 4.78 is 0. The van der Waals surface area contributed by atoms with Crippen LogP contribution in [-0.2, 0) is 44.8 Å². The molecule has 58 heavy (non-hydrogen) atoms. The lowest BCUT2D eigenvalue weighted by atomic mass is 9.86. The highest BCUT2D eigenvalue weighted by Gasteiger charge is 2.38. The molecule has 9 atom stereocenters. The number of hydrogen-bond donors (Lipinski definition) is 11. The Hall–Kier alpha value is -5.25. The quantitative estimate of drug-likeness (QED) is 0.0407. The zero-order valence-corrected chi connectivity index (χ0v) is 34.3. The van der Waals surface area contributed by atoms with Gasteiger partial charge in [-0.1, -0.05) is 41.0 Å². The van der Waals surface area contributed by atoms with Crippen LogP contribution in [0.25, 0.3) is 0 Å². The van der Waals surface area contributed by atoms with E-state index in [1.807, 2.05) is 0 Å². The van der Waals surface area contributed by atoms with Crippen molar-refractivity contribution in [1.82, 2.24) is 36.6 Å². The summed E-state index contributed by atoms with van der Waals surface area (Å²) in [4.78, 5) is 116. The number of Topliss-reactive ketones (excluding diaryl/α,β-unsaturated/α-hetero) is 1. The number of aromatic nitrogens is 2. The van der Waals surface area contributed by atoms with Gasteiger partial charge in [-0.15, -0.1) is 0 Å². The predicted octanol–water partition coefficient (Wildman–Crippen LogP) is -2.02. The number of aliphatic imine (C=N–C) groups is 1. The van der Waals surface area contributed by atoms with Crippen LogP contribution < -0.4 is 43.8 Å². The first-order valence-electron chi connectivity index (χ1n) is 19.1. The first kappa shape index (κ1) is 48.9. The summed E-state index contributed by atoms with van der Waals surface area (Å²) in [5.74, 6) is -9.66. The number of nitrogens with two attached hydrogens (primary N) is 3. The number of nitrogens with zero attached hydrogens (tertiary/aromatic N) is 2. The Morgan fingerprint density at radius 1 is 0.983 bits per heavy atom. The van der Waals surface area contributed by atoms with E-state index in [1.165, 1.54) is 12.5 Å². The average molecular weight is 838 g/mol. The number of ketones is 1. The van der Waals surface area contributed by atoms with E-state index in [0.717, 1.165) is 11.8 Å². The van der Waals surface area contributed by atoms with E-state index in [9.17, 15) is 43.5 Å². The lowest BCUT2D eigenvalue weighted by Crippen LogP contribution is -2.61. The minimum Gasteiger partial charge on any atom is -0.481 e. The van der Waals surface area contributed by atoms with Crippen LogP contribution in [0.1, 0.15) is 72.4 Å². The summed E-state index contributed by atoms with van der Waals surface area (Å²) in [6, 6.07) is -7.67. The zero-order valence-electron chi connectivity index (χ0n) is 33.5. The van der Waals surface area contributed by atoms with E-state index in [4.69, 9.17) is 22.3 Å². The topological polar surface area (TPSA) is 356 Å². The number of aromatic amines is 1. The number of carbonyl (C=O) groups excluding carboxylic acids is 6. The Balaban J connectivity index is 2.44. The van der Waals surface area contributed by atoms with Crippen molar-refractivity contribution in [3.05, 3.63) is 18.2 Å². The third kappa shape index (κ3) is 15.9. The summed E-state index contributed by atoms with van der Waals surface area (Å²) in [6.07, 6.45) is 2.42. The van der Waals surface area contributed by atoms with Crippen molar-refractivity contribution in [3.8, 4) is 0 Å². The molecule has 0 bridgehead atoms. The lowest BCUT2D eigenvalue weighted by molar-refractivity contribution is -0.142. The number of carbonyl (C=O) groups is 8. The van der Waals surface area contributed by atoms with Gasteiger partial charge >= 0.3 is 11.9 Å². The second kappa shape index (κ2) is 23.9. The van der Waals surface area contributed by atoms with Gasteiger partial charge in [-0.2, -0.15) is 11.8 Å². The molecule has 5 amide bonds. The van der Waals surface area contributed by atoms with Gasteiger partial charge in [0, 0.05) is 42.9 Å². The van der Waals surface area contributed by atoms with Gasteiger partial charge in [0.15, 0.2) is 11.7 Å². The number of rotatable bonds is 19. The van der Waals surface area contributed by atoms with E-state index >= 15 is 0 Å². The first-order chi connectivity index (χ1) is 27.2.